The highest BCUT2D eigenvalue weighted by Gasteiger charge is 2.16. The summed E-state index contributed by atoms with van der Waals surface area (Å²) in [7, 11) is 0. The zero-order chi connectivity index (χ0) is 13.1. The third-order valence-corrected chi connectivity index (χ3v) is 2.53. The minimum atomic E-state index is -0.475. The van der Waals surface area contributed by atoms with Crippen LogP contribution in [0.3, 0.4) is 0 Å². The van der Waals surface area contributed by atoms with E-state index in [2.05, 4.69) is 16.1 Å². The fourth-order valence-electron chi connectivity index (χ4n) is 1.59. The Morgan fingerprint density at radius 2 is 2.33 bits per heavy atom. The van der Waals surface area contributed by atoms with E-state index in [4.69, 9.17) is 16.7 Å². The Balaban J connectivity index is 2.32. The molecule has 1 heterocycles. The molecule has 0 radical (unpaired) electrons. The van der Waals surface area contributed by atoms with Crippen molar-refractivity contribution in [2.75, 3.05) is 0 Å². The van der Waals surface area contributed by atoms with E-state index in [1.807, 2.05) is 0 Å². The van der Waals surface area contributed by atoms with Crippen molar-refractivity contribution in [3.8, 4) is 23.7 Å². The number of terminal acetylenes is 1. The smallest absolute Gasteiger partial charge is 0.244 e. The van der Waals surface area contributed by atoms with Crippen LogP contribution in [-0.2, 0) is 0 Å². The van der Waals surface area contributed by atoms with Crippen molar-refractivity contribution in [3.05, 3.63) is 35.5 Å². The Morgan fingerprint density at radius 1 is 1.56 bits per heavy atom. The molecule has 4 nitrogen and oxygen atoms in total. The molecule has 5 heteroatoms. The molecule has 0 spiro atoms. The molecule has 18 heavy (non-hydrogen) atoms. The first kappa shape index (κ1) is 12.3. The lowest BCUT2D eigenvalue weighted by Crippen LogP contribution is -2.09. The van der Waals surface area contributed by atoms with Gasteiger partial charge in [-0.1, -0.05) is 5.16 Å². The maximum atomic E-state index is 13.0. The predicted octanol–water partition coefficient (Wildman–Crippen LogP) is 2.21. The average molecular weight is 245 g/mol. The minimum Gasteiger partial charge on any atom is -0.337 e. The summed E-state index contributed by atoms with van der Waals surface area (Å²) in [6, 6.07) is 3.88. The van der Waals surface area contributed by atoms with Crippen molar-refractivity contribution in [2.45, 2.75) is 19.4 Å². The molecular weight excluding hydrogens is 233 g/mol. The van der Waals surface area contributed by atoms with Crippen molar-refractivity contribution >= 4 is 0 Å². The fraction of sp³-hybridized carbons (Fsp3) is 0.231. The Bertz CT molecular complexity index is 601. The van der Waals surface area contributed by atoms with Crippen LogP contribution in [0.2, 0.25) is 0 Å². The molecule has 2 aromatic rings. The van der Waals surface area contributed by atoms with Crippen molar-refractivity contribution in [1.29, 1.82) is 0 Å². The number of hydrogen-bond donors (Lipinski definition) is 1. The quantitative estimate of drug-likeness (QED) is 0.842. The molecule has 2 rings (SSSR count). The van der Waals surface area contributed by atoms with Gasteiger partial charge in [0, 0.05) is 12.0 Å². The summed E-state index contributed by atoms with van der Waals surface area (Å²) in [5.41, 5.74) is 7.20. The van der Waals surface area contributed by atoms with Crippen molar-refractivity contribution in [3.63, 3.8) is 0 Å². The Labute approximate surface area is 104 Å². The van der Waals surface area contributed by atoms with Gasteiger partial charge in [-0.15, -0.1) is 12.3 Å². The van der Waals surface area contributed by atoms with E-state index in [0.29, 0.717) is 17.8 Å². The fourth-order valence-corrected chi connectivity index (χ4v) is 1.59. The van der Waals surface area contributed by atoms with Crippen LogP contribution < -0.4 is 5.73 Å². The number of aryl methyl sites for hydroxylation is 1. The van der Waals surface area contributed by atoms with Crippen molar-refractivity contribution in [2.24, 2.45) is 5.73 Å². The van der Waals surface area contributed by atoms with E-state index >= 15 is 0 Å². The zero-order valence-corrected chi connectivity index (χ0v) is 9.85. The summed E-state index contributed by atoms with van der Waals surface area (Å²) in [5.74, 6) is 2.80. The lowest BCUT2D eigenvalue weighted by molar-refractivity contribution is 0.357. The van der Waals surface area contributed by atoms with Gasteiger partial charge in [0.15, 0.2) is 0 Å². The van der Waals surface area contributed by atoms with Crippen LogP contribution in [0.5, 0.6) is 0 Å². The van der Waals surface area contributed by atoms with Crippen LogP contribution in [0.15, 0.2) is 22.7 Å². The standard InChI is InChI=1S/C13H12FN3O/c1-3-4-11(15)13-16-12(17-18-13)10-6-5-9(14)7-8(10)2/h1,5-7,11H,4,15H2,2H3. The minimum absolute atomic E-state index is 0.284. The third-order valence-electron chi connectivity index (χ3n) is 2.53. The van der Waals surface area contributed by atoms with Crippen LogP contribution in [0.4, 0.5) is 4.39 Å². The molecule has 0 saturated heterocycles. The Hall–Kier alpha value is -2.19. The van der Waals surface area contributed by atoms with E-state index in [1.54, 1.807) is 13.0 Å². The number of rotatable bonds is 3. The van der Waals surface area contributed by atoms with Gasteiger partial charge in [0.25, 0.3) is 0 Å². The SMILES string of the molecule is C#CCC(N)c1nc(-c2ccc(F)cc2C)no1. The molecule has 92 valence electrons. The monoisotopic (exact) mass is 245 g/mol. The number of aromatic nitrogens is 2. The second-order valence-corrected chi connectivity index (χ2v) is 3.93. The second-order valence-electron chi connectivity index (χ2n) is 3.93. The van der Waals surface area contributed by atoms with Gasteiger partial charge in [0.05, 0.1) is 6.04 Å². The van der Waals surface area contributed by atoms with Gasteiger partial charge in [-0.25, -0.2) is 4.39 Å². The van der Waals surface area contributed by atoms with E-state index in [-0.39, 0.29) is 11.7 Å². The number of hydrogen-bond acceptors (Lipinski definition) is 4. The van der Waals surface area contributed by atoms with E-state index in [1.165, 1.54) is 12.1 Å². The number of nitrogens with two attached hydrogens (primary N) is 1. The van der Waals surface area contributed by atoms with Crippen molar-refractivity contribution < 1.29 is 8.91 Å². The number of nitrogens with zero attached hydrogens (tertiary/aromatic N) is 2. The summed E-state index contributed by atoms with van der Waals surface area (Å²) in [6.07, 6.45) is 5.49. The largest absolute Gasteiger partial charge is 0.337 e. The molecule has 0 saturated carbocycles. The van der Waals surface area contributed by atoms with Gasteiger partial charge in [-0.2, -0.15) is 4.98 Å². The van der Waals surface area contributed by atoms with Gasteiger partial charge in [0.2, 0.25) is 11.7 Å². The molecule has 0 fully saturated rings. The highest BCUT2D eigenvalue weighted by Crippen LogP contribution is 2.22. The van der Waals surface area contributed by atoms with Gasteiger partial charge in [0.1, 0.15) is 5.82 Å². The topological polar surface area (TPSA) is 64.9 Å². The van der Waals surface area contributed by atoms with E-state index < -0.39 is 6.04 Å². The van der Waals surface area contributed by atoms with E-state index in [0.717, 1.165) is 5.56 Å². The molecule has 2 N–H and O–H groups in total. The first-order valence-corrected chi connectivity index (χ1v) is 5.41. The molecule has 1 aromatic heterocycles. The zero-order valence-electron chi connectivity index (χ0n) is 9.85. The highest BCUT2D eigenvalue weighted by atomic mass is 19.1. The Morgan fingerprint density at radius 3 is 3.00 bits per heavy atom. The molecule has 0 aliphatic carbocycles. The average Bonchev–Trinajstić information content (AvgIpc) is 2.78. The summed E-state index contributed by atoms with van der Waals surface area (Å²) < 4.78 is 18.0. The summed E-state index contributed by atoms with van der Waals surface area (Å²) in [6.45, 7) is 1.77. The maximum Gasteiger partial charge on any atom is 0.244 e. The predicted molar refractivity (Wildman–Crippen MR) is 64.8 cm³/mol. The Kier molecular flexibility index (Phi) is 3.40. The van der Waals surface area contributed by atoms with E-state index in [9.17, 15) is 4.39 Å². The van der Waals surface area contributed by atoms with Crippen LogP contribution >= 0.6 is 0 Å². The maximum absolute atomic E-state index is 13.0. The van der Waals surface area contributed by atoms with Gasteiger partial charge < -0.3 is 10.3 Å². The second kappa shape index (κ2) is 4.98. The van der Waals surface area contributed by atoms with Crippen LogP contribution in [0, 0.1) is 25.1 Å². The van der Waals surface area contributed by atoms with Gasteiger partial charge in [-0.3, -0.25) is 0 Å². The normalized spacial score (nSPS) is 12.1. The number of benzene rings is 1. The van der Waals surface area contributed by atoms with Crippen LogP contribution in [0.1, 0.15) is 23.9 Å². The highest BCUT2D eigenvalue weighted by molar-refractivity contribution is 5.59. The lowest BCUT2D eigenvalue weighted by Gasteiger charge is -2.00. The third kappa shape index (κ3) is 2.39. The van der Waals surface area contributed by atoms with Crippen molar-refractivity contribution in [1.82, 2.24) is 10.1 Å². The summed E-state index contributed by atoms with van der Waals surface area (Å²) in [5, 5.41) is 3.82. The molecule has 1 aromatic carbocycles. The molecule has 1 atom stereocenters. The molecule has 1 unspecified atom stereocenters. The lowest BCUT2D eigenvalue weighted by atomic mass is 10.1. The molecule has 0 aliphatic rings. The molecular formula is C13H12FN3O. The number of halogens is 1. The van der Waals surface area contributed by atoms with Crippen LogP contribution in [0.25, 0.3) is 11.4 Å². The molecule has 0 aliphatic heterocycles. The molecule has 0 bridgehead atoms. The molecule has 0 amide bonds. The van der Waals surface area contributed by atoms with Gasteiger partial charge in [-0.05, 0) is 30.7 Å². The first-order chi connectivity index (χ1) is 8.61. The first-order valence-electron chi connectivity index (χ1n) is 5.41. The van der Waals surface area contributed by atoms with Crippen LogP contribution in [-0.4, -0.2) is 10.1 Å². The summed E-state index contributed by atoms with van der Waals surface area (Å²) >= 11 is 0. The summed E-state index contributed by atoms with van der Waals surface area (Å²) in [4.78, 5) is 4.17. The van der Waals surface area contributed by atoms with Gasteiger partial charge >= 0.3 is 0 Å².